The minimum absolute atomic E-state index is 0. The Kier molecular flexibility index (Phi) is 7.01. The second-order valence-electron chi connectivity index (χ2n) is 4.65. The zero-order valence-electron chi connectivity index (χ0n) is 11.7. The van der Waals surface area contributed by atoms with E-state index in [-0.39, 0.29) is 48.1 Å². The van der Waals surface area contributed by atoms with Crippen LogP contribution in [-0.4, -0.2) is 16.9 Å². The number of halogens is 1. The Hall–Kier alpha value is -1.24. The van der Waals surface area contributed by atoms with Crippen LogP contribution in [0.25, 0.3) is 0 Å². The first kappa shape index (κ1) is 17.8. The number of carbonyl (C=O) groups excluding carboxylic acids is 2. The number of carboxylic acid groups (broad SMARTS) is 1. The molecule has 0 saturated carbocycles. The van der Waals surface area contributed by atoms with Gasteiger partial charge in [-0.3, -0.25) is 4.79 Å². The molecule has 0 bridgehead atoms. The Morgan fingerprint density at radius 3 is 2.62 bits per heavy atom. The van der Waals surface area contributed by atoms with Crippen LogP contribution < -0.4 is 40.0 Å². The van der Waals surface area contributed by atoms with Crippen molar-refractivity contribution in [2.75, 3.05) is 0 Å². The van der Waals surface area contributed by atoms with Crippen LogP contribution in [0.1, 0.15) is 18.4 Å². The number of carbonyl (C=O) groups is 2. The van der Waals surface area contributed by atoms with Gasteiger partial charge in [-0.2, -0.15) is 4.39 Å². The van der Waals surface area contributed by atoms with Gasteiger partial charge in [0.05, 0.1) is 0 Å². The summed E-state index contributed by atoms with van der Waals surface area (Å²) in [6.45, 7) is -0.0154. The van der Waals surface area contributed by atoms with Crippen LogP contribution in [-0.2, 0) is 16.1 Å². The normalized spacial score (nSPS) is 20.4. The van der Waals surface area contributed by atoms with E-state index in [0.717, 1.165) is 0 Å². The topological polar surface area (TPSA) is 82.1 Å². The maximum atomic E-state index is 13.3. The number of hydrogen-bond acceptors (Lipinski definition) is 4. The zero-order chi connectivity index (χ0) is 14.5. The van der Waals surface area contributed by atoms with Crippen molar-refractivity contribution >= 4 is 11.9 Å². The van der Waals surface area contributed by atoms with Gasteiger partial charge in [0, 0.05) is 36.1 Å². The van der Waals surface area contributed by atoms with Crippen LogP contribution in [0.4, 0.5) is 4.39 Å². The molecule has 1 aliphatic rings. The van der Waals surface area contributed by atoms with Gasteiger partial charge in [-0.05, 0) is 18.9 Å². The monoisotopic (exact) mass is 300 g/mol. The number of rotatable bonds is 4. The van der Waals surface area contributed by atoms with E-state index in [0.29, 0.717) is 6.42 Å². The Labute approximate surface area is 143 Å². The molecule has 1 amide bonds. The molecular formula is C14H14FN2NaO3. The molecule has 5 nitrogen and oxygen atoms in total. The third-order valence-corrected chi connectivity index (χ3v) is 3.36. The van der Waals surface area contributed by atoms with Crippen LogP contribution in [0.3, 0.4) is 0 Å². The van der Waals surface area contributed by atoms with Crippen molar-refractivity contribution in [2.24, 2.45) is 11.8 Å². The first-order valence-electron chi connectivity index (χ1n) is 6.32. The molecule has 0 saturated heterocycles. The number of hydrogen-bond donors (Lipinski definition) is 1. The zero-order valence-corrected chi connectivity index (χ0v) is 13.7. The number of pyridine rings is 1. The molecule has 2 atom stereocenters. The van der Waals surface area contributed by atoms with Crippen molar-refractivity contribution in [3.63, 3.8) is 0 Å². The third-order valence-electron chi connectivity index (χ3n) is 3.36. The molecular weight excluding hydrogens is 286 g/mol. The van der Waals surface area contributed by atoms with E-state index in [1.807, 2.05) is 0 Å². The molecule has 7 heteroatoms. The minimum atomic E-state index is -1.23. The summed E-state index contributed by atoms with van der Waals surface area (Å²) in [7, 11) is 0. The largest absolute Gasteiger partial charge is 1.00 e. The van der Waals surface area contributed by atoms with Crippen molar-refractivity contribution in [1.82, 2.24) is 10.3 Å². The van der Waals surface area contributed by atoms with E-state index >= 15 is 0 Å². The number of nitrogens with zero attached hydrogens (tertiary/aromatic N) is 1. The van der Waals surface area contributed by atoms with E-state index in [9.17, 15) is 19.1 Å². The van der Waals surface area contributed by atoms with Gasteiger partial charge in [0.25, 0.3) is 0 Å². The maximum Gasteiger partial charge on any atom is 1.00 e. The average Bonchev–Trinajstić information content (AvgIpc) is 2.46. The van der Waals surface area contributed by atoms with Crippen molar-refractivity contribution in [3.8, 4) is 0 Å². The van der Waals surface area contributed by atoms with Crippen molar-refractivity contribution in [3.05, 3.63) is 42.0 Å². The molecule has 0 aromatic carbocycles. The summed E-state index contributed by atoms with van der Waals surface area (Å²) in [4.78, 5) is 26.5. The SMILES string of the molecule is O=C(NCc1cccnc1F)[C@H]1CC=CC[C@H]1C(=O)[O-].[Na+]. The molecule has 0 radical (unpaired) electrons. The van der Waals surface area contributed by atoms with Crippen LogP contribution in [0.5, 0.6) is 0 Å². The fourth-order valence-corrected chi connectivity index (χ4v) is 2.23. The summed E-state index contributed by atoms with van der Waals surface area (Å²) in [5.74, 6) is -3.80. The Bertz CT molecular complexity index is 551. The van der Waals surface area contributed by atoms with Crippen LogP contribution >= 0.6 is 0 Å². The van der Waals surface area contributed by atoms with E-state index < -0.39 is 29.7 Å². The molecule has 1 heterocycles. The van der Waals surface area contributed by atoms with Crippen molar-refractivity contribution in [1.29, 1.82) is 0 Å². The summed E-state index contributed by atoms with van der Waals surface area (Å²) in [6.07, 6.45) is 5.44. The number of carboxylic acids is 1. The van der Waals surface area contributed by atoms with Crippen LogP contribution in [0.15, 0.2) is 30.5 Å². The van der Waals surface area contributed by atoms with Gasteiger partial charge in [-0.25, -0.2) is 4.98 Å². The predicted octanol–water partition coefficient (Wildman–Crippen LogP) is -2.83. The second-order valence-corrected chi connectivity index (χ2v) is 4.65. The van der Waals surface area contributed by atoms with Crippen LogP contribution in [0, 0.1) is 17.8 Å². The molecule has 21 heavy (non-hydrogen) atoms. The summed E-state index contributed by atoms with van der Waals surface area (Å²) >= 11 is 0. The fraction of sp³-hybridized carbons (Fsp3) is 0.357. The Morgan fingerprint density at radius 2 is 2.00 bits per heavy atom. The third kappa shape index (κ3) is 4.62. The van der Waals surface area contributed by atoms with Gasteiger partial charge in [0.2, 0.25) is 11.9 Å². The molecule has 1 aromatic rings. The summed E-state index contributed by atoms with van der Waals surface area (Å²) in [6, 6.07) is 3.08. The maximum absolute atomic E-state index is 13.3. The molecule has 106 valence electrons. The molecule has 0 spiro atoms. The number of nitrogens with one attached hydrogen (secondary N) is 1. The minimum Gasteiger partial charge on any atom is -0.550 e. The van der Waals surface area contributed by atoms with Gasteiger partial charge in [-0.15, -0.1) is 0 Å². The van der Waals surface area contributed by atoms with Gasteiger partial charge >= 0.3 is 29.6 Å². The summed E-state index contributed by atoms with van der Waals surface area (Å²) in [5.41, 5.74) is 0.261. The quantitative estimate of drug-likeness (QED) is 0.369. The summed E-state index contributed by atoms with van der Waals surface area (Å²) in [5, 5.41) is 13.6. The van der Waals surface area contributed by atoms with Gasteiger partial charge in [0.15, 0.2) is 0 Å². The first-order chi connectivity index (χ1) is 9.59. The Balaban J connectivity index is 0.00000220. The standard InChI is InChI=1S/C14H15FN2O3.Na/c15-12-9(4-3-7-16-12)8-17-13(18)10-5-1-2-6-11(10)14(19)20;/h1-4,7,10-11H,5-6,8H2,(H,17,18)(H,19,20);/q;+1/p-1/t10-,11+;/m0./s1. The molecule has 0 unspecified atom stereocenters. The predicted molar refractivity (Wildman–Crippen MR) is 66.4 cm³/mol. The number of allylic oxidation sites excluding steroid dienone is 2. The first-order valence-corrected chi connectivity index (χ1v) is 6.32. The molecule has 0 fully saturated rings. The molecule has 0 aliphatic heterocycles. The van der Waals surface area contributed by atoms with E-state index in [4.69, 9.17) is 0 Å². The molecule has 1 N–H and O–H groups in total. The van der Waals surface area contributed by atoms with Crippen molar-refractivity contribution < 1.29 is 48.6 Å². The summed E-state index contributed by atoms with van der Waals surface area (Å²) < 4.78 is 13.3. The fourth-order valence-electron chi connectivity index (χ4n) is 2.23. The Morgan fingerprint density at radius 1 is 1.33 bits per heavy atom. The van der Waals surface area contributed by atoms with Gasteiger partial charge < -0.3 is 15.2 Å². The number of aromatic nitrogens is 1. The van der Waals surface area contributed by atoms with Gasteiger partial charge in [-0.1, -0.05) is 18.2 Å². The number of amides is 1. The molecule has 2 rings (SSSR count). The van der Waals surface area contributed by atoms with E-state index in [2.05, 4.69) is 10.3 Å². The second kappa shape index (κ2) is 8.26. The van der Waals surface area contributed by atoms with Crippen LogP contribution in [0.2, 0.25) is 0 Å². The van der Waals surface area contributed by atoms with E-state index in [1.165, 1.54) is 12.3 Å². The van der Waals surface area contributed by atoms with Crippen molar-refractivity contribution in [2.45, 2.75) is 19.4 Å². The smallest absolute Gasteiger partial charge is 0.550 e. The average molecular weight is 300 g/mol. The molecule has 1 aromatic heterocycles. The number of aliphatic carboxylic acids is 1. The van der Waals surface area contributed by atoms with Gasteiger partial charge in [0.1, 0.15) is 0 Å². The van der Waals surface area contributed by atoms with E-state index in [1.54, 1.807) is 18.2 Å². The molecule has 1 aliphatic carbocycles.